The first-order valence-corrected chi connectivity index (χ1v) is 9.99. The number of hydrogen-bond acceptors (Lipinski definition) is 6. The average Bonchev–Trinajstić information content (AvgIpc) is 3.13. The largest absolute Gasteiger partial charge is 0.469 e. The number of aromatic nitrogens is 2. The predicted octanol–water partition coefficient (Wildman–Crippen LogP) is 3.18. The van der Waals surface area contributed by atoms with Gasteiger partial charge in [-0.25, -0.2) is 9.37 Å². The van der Waals surface area contributed by atoms with Gasteiger partial charge >= 0.3 is 5.97 Å². The highest BCUT2D eigenvalue weighted by molar-refractivity contribution is 7.17. The first-order valence-electron chi connectivity index (χ1n) is 9.11. The maximum absolute atomic E-state index is 13.2. The van der Waals surface area contributed by atoms with E-state index in [-0.39, 0.29) is 23.3 Å². The van der Waals surface area contributed by atoms with Gasteiger partial charge in [0.2, 0.25) is 0 Å². The van der Waals surface area contributed by atoms with Gasteiger partial charge in [-0.2, -0.15) is 0 Å². The van der Waals surface area contributed by atoms with Crippen LogP contribution in [0.4, 0.5) is 4.39 Å². The van der Waals surface area contributed by atoms with E-state index in [0.717, 1.165) is 37.1 Å². The van der Waals surface area contributed by atoms with Crippen molar-refractivity contribution in [2.24, 2.45) is 5.92 Å². The van der Waals surface area contributed by atoms with Gasteiger partial charge in [-0.15, -0.1) is 11.3 Å². The number of methoxy groups -OCH3 is 1. The molecule has 1 saturated heterocycles. The molecular formula is C20H20FN3O3S. The molecule has 8 heteroatoms. The summed E-state index contributed by atoms with van der Waals surface area (Å²) >= 11 is 1.41. The van der Waals surface area contributed by atoms with E-state index in [1.54, 1.807) is 12.1 Å². The maximum atomic E-state index is 13.2. The van der Waals surface area contributed by atoms with Crippen molar-refractivity contribution >= 4 is 27.5 Å². The molecule has 1 aromatic carbocycles. The fraction of sp³-hybridized carbons (Fsp3) is 0.350. The minimum atomic E-state index is -0.312. The third kappa shape index (κ3) is 3.70. The molecule has 3 aromatic rings. The molecule has 1 N–H and O–H groups in total. The summed E-state index contributed by atoms with van der Waals surface area (Å²) in [5.74, 6) is 0.0981. The normalized spacial score (nSPS) is 15.8. The third-order valence-corrected chi connectivity index (χ3v) is 6.02. The Kier molecular flexibility index (Phi) is 5.23. The highest BCUT2D eigenvalue weighted by Gasteiger charge is 2.26. The van der Waals surface area contributed by atoms with Crippen LogP contribution >= 0.6 is 11.3 Å². The molecule has 0 bridgehead atoms. The second-order valence-corrected chi connectivity index (χ2v) is 7.78. The Morgan fingerprint density at radius 3 is 2.71 bits per heavy atom. The standard InChI is InChI=1S/C20H20FN3O3S/c1-27-20(26)13-6-8-24(9-7-13)10-16-22-18(25)17-15(11-28-19(17)23-16)12-2-4-14(21)5-3-12/h2-5,11,13H,6-10H2,1H3,(H,22,23,25). The van der Waals surface area contributed by atoms with Gasteiger partial charge in [0.25, 0.3) is 5.56 Å². The molecule has 1 fully saturated rings. The van der Waals surface area contributed by atoms with Crippen molar-refractivity contribution in [3.63, 3.8) is 0 Å². The number of carbonyl (C=O) groups is 1. The molecule has 0 unspecified atom stereocenters. The summed E-state index contributed by atoms with van der Waals surface area (Å²) in [5, 5.41) is 2.41. The fourth-order valence-electron chi connectivity index (χ4n) is 3.62. The third-order valence-electron chi connectivity index (χ3n) is 5.14. The van der Waals surface area contributed by atoms with E-state index < -0.39 is 0 Å². The van der Waals surface area contributed by atoms with E-state index in [4.69, 9.17) is 4.74 Å². The van der Waals surface area contributed by atoms with Crippen LogP contribution in [-0.2, 0) is 16.1 Å². The molecule has 2 aromatic heterocycles. The maximum Gasteiger partial charge on any atom is 0.308 e. The summed E-state index contributed by atoms with van der Waals surface area (Å²) in [6.45, 7) is 2.04. The van der Waals surface area contributed by atoms with E-state index in [9.17, 15) is 14.0 Å². The number of carbonyl (C=O) groups excluding carboxylic acids is 1. The molecule has 0 atom stereocenters. The summed E-state index contributed by atoms with van der Waals surface area (Å²) in [6.07, 6.45) is 1.49. The van der Waals surface area contributed by atoms with Crippen LogP contribution in [0.15, 0.2) is 34.4 Å². The van der Waals surface area contributed by atoms with Crippen LogP contribution in [0.25, 0.3) is 21.3 Å². The average molecular weight is 401 g/mol. The number of ether oxygens (including phenoxy) is 1. The Morgan fingerprint density at radius 1 is 1.32 bits per heavy atom. The number of halogens is 1. The highest BCUT2D eigenvalue weighted by Crippen LogP contribution is 2.31. The minimum absolute atomic E-state index is 0.0497. The number of H-pyrrole nitrogens is 1. The molecule has 1 aliphatic heterocycles. The Bertz CT molecular complexity index is 1050. The molecule has 3 heterocycles. The Morgan fingerprint density at radius 2 is 2.04 bits per heavy atom. The SMILES string of the molecule is COC(=O)C1CCN(Cc2nc3scc(-c4ccc(F)cc4)c3c(=O)[nH]2)CC1. The molecule has 28 heavy (non-hydrogen) atoms. The number of aromatic amines is 1. The molecule has 146 valence electrons. The molecule has 0 saturated carbocycles. The molecule has 0 radical (unpaired) electrons. The fourth-order valence-corrected chi connectivity index (χ4v) is 4.58. The van der Waals surface area contributed by atoms with E-state index in [2.05, 4.69) is 14.9 Å². The van der Waals surface area contributed by atoms with Gasteiger partial charge in [0.1, 0.15) is 16.5 Å². The summed E-state index contributed by atoms with van der Waals surface area (Å²) in [7, 11) is 1.42. The Balaban J connectivity index is 1.54. The number of esters is 1. The zero-order valence-corrected chi connectivity index (χ0v) is 16.2. The number of thiophene rings is 1. The van der Waals surface area contributed by atoms with Crippen molar-refractivity contribution in [3.05, 3.63) is 51.6 Å². The lowest BCUT2D eigenvalue weighted by molar-refractivity contribution is -0.147. The lowest BCUT2D eigenvalue weighted by Crippen LogP contribution is -2.37. The Hall–Kier alpha value is -2.58. The highest BCUT2D eigenvalue weighted by atomic mass is 32.1. The van der Waals surface area contributed by atoms with Gasteiger partial charge in [0.15, 0.2) is 0 Å². The van der Waals surface area contributed by atoms with Gasteiger partial charge in [0.05, 0.1) is 25.0 Å². The number of benzene rings is 1. The van der Waals surface area contributed by atoms with E-state index >= 15 is 0 Å². The molecule has 0 aliphatic carbocycles. The van der Waals surface area contributed by atoms with Crippen LogP contribution < -0.4 is 5.56 Å². The predicted molar refractivity (Wildman–Crippen MR) is 106 cm³/mol. The van der Waals surface area contributed by atoms with Gasteiger partial charge in [0, 0.05) is 10.9 Å². The number of nitrogens with zero attached hydrogens (tertiary/aromatic N) is 2. The summed E-state index contributed by atoms with van der Waals surface area (Å²) in [4.78, 5) is 34.7. The second kappa shape index (κ2) is 7.81. The number of hydrogen-bond donors (Lipinski definition) is 1. The van der Waals surface area contributed by atoms with Gasteiger partial charge in [-0.05, 0) is 43.6 Å². The van der Waals surface area contributed by atoms with Crippen molar-refractivity contribution in [3.8, 4) is 11.1 Å². The summed E-state index contributed by atoms with van der Waals surface area (Å²) < 4.78 is 18.0. The molecule has 4 rings (SSSR count). The van der Waals surface area contributed by atoms with Crippen LogP contribution in [0.3, 0.4) is 0 Å². The number of rotatable bonds is 4. The smallest absolute Gasteiger partial charge is 0.308 e. The van der Waals surface area contributed by atoms with Crippen molar-refractivity contribution in [1.29, 1.82) is 0 Å². The van der Waals surface area contributed by atoms with Gasteiger partial charge in [-0.3, -0.25) is 14.5 Å². The van der Waals surface area contributed by atoms with Gasteiger partial charge < -0.3 is 9.72 Å². The number of likely N-dealkylation sites (tertiary alicyclic amines) is 1. The first kappa shape index (κ1) is 18.8. The van der Waals surface area contributed by atoms with E-state index in [1.807, 2.05) is 5.38 Å². The van der Waals surface area contributed by atoms with E-state index in [0.29, 0.717) is 22.6 Å². The topological polar surface area (TPSA) is 75.3 Å². The summed E-state index contributed by atoms with van der Waals surface area (Å²) in [6, 6.07) is 6.09. The van der Waals surface area contributed by atoms with Crippen molar-refractivity contribution < 1.29 is 13.9 Å². The number of nitrogens with one attached hydrogen (secondary N) is 1. The van der Waals surface area contributed by atoms with Crippen molar-refractivity contribution in [1.82, 2.24) is 14.9 Å². The zero-order valence-electron chi connectivity index (χ0n) is 15.4. The first-order chi connectivity index (χ1) is 13.5. The van der Waals surface area contributed by atoms with Crippen LogP contribution in [-0.4, -0.2) is 41.0 Å². The zero-order chi connectivity index (χ0) is 19.7. The monoisotopic (exact) mass is 401 g/mol. The lowest BCUT2D eigenvalue weighted by atomic mass is 9.97. The van der Waals surface area contributed by atoms with Crippen molar-refractivity contribution in [2.45, 2.75) is 19.4 Å². The second-order valence-electron chi connectivity index (χ2n) is 6.92. The quantitative estimate of drug-likeness (QED) is 0.680. The molecular weight excluding hydrogens is 381 g/mol. The summed E-state index contributed by atoms with van der Waals surface area (Å²) in [5.41, 5.74) is 1.36. The molecule has 0 amide bonds. The Labute approximate surface area is 165 Å². The minimum Gasteiger partial charge on any atom is -0.469 e. The van der Waals surface area contributed by atoms with Crippen LogP contribution in [0.1, 0.15) is 18.7 Å². The molecule has 0 spiro atoms. The van der Waals surface area contributed by atoms with Crippen LogP contribution in [0.5, 0.6) is 0 Å². The van der Waals surface area contributed by atoms with Crippen LogP contribution in [0, 0.1) is 11.7 Å². The van der Waals surface area contributed by atoms with Crippen molar-refractivity contribution in [2.75, 3.05) is 20.2 Å². The lowest BCUT2D eigenvalue weighted by Gasteiger charge is -2.30. The molecule has 1 aliphatic rings. The van der Waals surface area contributed by atoms with Gasteiger partial charge in [-0.1, -0.05) is 12.1 Å². The number of fused-ring (bicyclic) bond motifs is 1. The van der Waals surface area contributed by atoms with Crippen LogP contribution in [0.2, 0.25) is 0 Å². The van der Waals surface area contributed by atoms with E-state index in [1.165, 1.54) is 30.6 Å². The number of piperidine rings is 1. The molecule has 6 nitrogen and oxygen atoms in total.